The van der Waals surface area contributed by atoms with Crippen LogP contribution in [-0.2, 0) is 10.3 Å². The first kappa shape index (κ1) is 20.6. The lowest BCUT2D eigenvalue weighted by molar-refractivity contribution is 0.0552. The van der Waals surface area contributed by atoms with Crippen LogP contribution in [0.2, 0.25) is 0 Å². The van der Waals surface area contributed by atoms with Gasteiger partial charge in [-0.3, -0.25) is 4.98 Å². The molecule has 1 N–H and O–H groups in total. The molecular formula is C31H33N3O3. The van der Waals surface area contributed by atoms with Crippen molar-refractivity contribution in [2.45, 2.75) is 52.1 Å². The van der Waals surface area contributed by atoms with Crippen LogP contribution in [0.25, 0.3) is 33.1 Å². The van der Waals surface area contributed by atoms with E-state index in [4.69, 9.17) is 18.4 Å². The van der Waals surface area contributed by atoms with Gasteiger partial charge in [-0.2, -0.15) is 0 Å². The first-order chi connectivity index (χ1) is 19.0. The number of ether oxygens (including phenoxy) is 1. The fourth-order valence-electron chi connectivity index (χ4n) is 5.75. The van der Waals surface area contributed by atoms with Crippen LogP contribution < -0.4 is 0 Å². The molecule has 1 aliphatic rings. The summed E-state index contributed by atoms with van der Waals surface area (Å²) in [5.41, 5.74) is 5.23. The molecule has 0 saturated carbocycles. The van der Waals surface area contributed by atoms with Gasteiger partial charge in [0.1, 0.15) is 5.76 Å². The number of fused-ring (bicyclic) bond motifs is 3. The molecule has 6 nitrogen and oxygen atoms in total. The molecule has 6 rings (SSSR count). The predicted octanol–water partition coefficient (Wildman–Crippen LogP) is 6.70. The highest BCUT2D eigenvalue weighted by molar-refractivity contribution is 6.07. The van der Waals surface area contributed by atoms with Gasteiger partial charge in [-0.25, -0.2) is 0 Å². The summed E-state index contributed by atoms with van der Waals surface area (Å²) in [5.74, 6) is 0.168. The lowest BCUT2D eigenvalue weighted by Gasteiger charge is -2.33. The van der Waals surface area contributed by atoms with Gasteiger partial charge >= 0.3 is 0 Å². The number of aliphatic hydroxyl groups is 1. The van der Waals surface area contributed by atoms with E-state index < -0.39 is 12.5 Å². The predicted molar refractivity (Wildman–Crippen MR) is 146 cm³/mol. The number of aryl methyl sites for hydroxylation is 2. The van der Waals surface area contributed by atoms with Gasteiger partial charge in [0.2, 0.25) is 0 Å². The summed E-state index contributed by atoms with van der Waals surface area (Å²) < 4.78 is 37.4. The van der Waals surface area contributed by atoms with E-state index >= 15 is 0 Å². The monoisotopic (exact) mass is 498 g/mol. The average Bonchev–Trinajstić information content (AvgIpc) is 3.47. The molecule has 2 aromatic carbocycles. The summed E-state index contributed by atoms with van der Waals surface area (Å²) in [5, 5.41) is 15.9. The second-order valence-electron chi connectivity index (χ2n) is 10.5. The lowest BCUT2D eigenvalue weighted by Crippen LogP contribution is -2.27. The standard InChI is InChI=1S/C31H33N3O3/c1-19-28(20(2)37-33-19)23-16-27-29(32-18-23)25-11-10-24(31(3,4)35)17-26(25)34(27)30(21-8-6-5-7-9-21)22-12-14-36-15-13-22/h5-11,16-18,22,30,35H,12-15H2,1-4H3/t30-/m1/s1/i2D3. The molecule has 1 saturated heterocycles. The Hall–Kier alpha value is -3.48. The average molecular weight is 499 g/mol. The van der Waals surface area contributed by atoms with Crippen LogP contribution in [0.15, 0.2) is 65.3 Å². The third-order valence-corrected chi connectivity index (χ3v) is 7.63. The highest BCUT2D eigenvalue weighted by atomic mass is 16.5. The van der Waals surface area contributed by atoms with Crippen molar-refractivity contribution in [2.24, 2.45) is 5.92 Å². The molecule has 0 spiro atoms. The maximum absolute atomic E-state index is 10.9. The van der Waals surface area contributed by atoms with Crippen molar-refractivity contribution in [1.82, 2.24) is 14.7 Å². The minimum Gasteiger partial charge on any atom is -0.386 e. The first-order valence-corrected chi connectivity index (χ1v) is 12.8. The SMILES string of the molecule is [2H]C([2H])([2H])c1onc(C)c1-c1cnc2c3ccc(C(C)(C)O)cc3n([C@H](c3ccccc3)C3CCOCC3)c2c1. The first-order valence-electron chi connectivity index (χ1n) is 14.3. The zero-order valence-corrected chi connectivity index (χ0v) is 21.4. The number of rotatable bonds is 5. The van der Waals surface area contributed by atoms with Crippen molar-refractivity contribution < 1.29 is 18.5 Å². The van der Waals surface area contributed by atoms with E-state index in [0.717, 1.165) is 40.3 Å². The van der Waals surface area contributed by atoms with Crippen molar-refractivity contribution >= 4 is 21.9 Å². The number of benzene rings is 2. The van der Waals surface area contributed by atoms with E-state index in [2.05, 4.69) is 40.1 Å². The fourth-order valence-corrected chi connectivity index (χ4v) is 5.75. The highest BCUT2D eigenvalue weighted by Crippen LogP contribution is 2.42. The summed E-state index contributed by atoms with van der Waals surface area (Å²) in [6, 6.07) is 18.5. The Morgan fingerprint density at radius 3 is 2.59 bits per heavy atom. The Morgan fingerprint density at radius 2 is 1.86 bits per heavy atom. The minimum atomic E-state index is -2.45. The maximum atomic E-state index is 10.9. The van der Waals surface area contributed by atoms with Crippen LogP contribution in [0.4, 0.5) is 0 Å². The third-order valence-electron chi connectivity index (χ3n) is 7.63. The molecule has 0 bridgehead atoms. The maximum Gasteiger partial charge on any atom is 0.141 e. The largest absolute Gasteiger partial charge is 0.386 e. The number of hydrogen-bond acceptors (Lipinski definition) is 5. The van der Waals surface area contributed by atoms with E-state index in [-0.39, 0.29) is 11.8 Å². The lowest BCUT2D eigenvalue weighted by atomic mass is 9.86. The van der Waals surface area contributed by atoms with Crippen LogP contribution in [-0.4, -0.2) is 33.0 Å². The van der Waals surface area contributed by atoms with Gasteiger partial charge < -0.3 is 18.9 Å². The van der Waals surface area contributed by atoms with Crippen LogP contribution in [0.5, 0.6) is 0 Å². The van der Waals surface area contributed by atoms with Gasteiger partial charge in [-0.15, -0.1) is 0 Å². The molecule has 5 aromatic rings. The Kier molecular flexibility index (Phi) is 5.07. The number of pyridine rings is 1. The summed E-state index contributed by atoms with van der Waals surface area (Å²) in [7, 11) is 0. The summed E-state index contributed by atoms with van der Waals surface area (Å²) in [6.07, 6.45) is 3.52. The Balaban J connectivity index is 1.69. The second kappa shape index (κ2) is 9.12. The minimum absolute atomic E-state index is 0.0233. The molecule has 0 aliphatic carbocycles. The molecular weight excluding hydrogens is 462 g/mol. The molecule has 1 fully saturated rings. The Bertz CT molecular complexity index is 1680. The molecule has 37 heavy (non-hydrogen) atoms. The fraction of sp³-hybridized carbons (Fsp3) is 0.355. The molecule has 0 amide bonds. The van der Waals surface area contributed by atoms with Gasteiger partial charge in [0, 0.05) is 40.0 Å². The van der Waals surface area contributed by atoms with E-state index in [1.165, 1.54) is 5.56 Å². The van der Waals surface area contributed by atoms with E-state index in [9.17, 15) is 5.11 Å². The van der Waals surface area contributed by atoms with Crippen molar-refractivity contribution in [3.05, 3.63) is 83.4 Å². The second-order valence-corrected chi connectivity index (χ2v) is 10.5. The van der Waals surface area contributed by atoms with Crippen LogP contribution in [0.3, 0.4) is 0 Å². The summed E-state index contributed by atoms with van der Waals surface area (Å²) >= 11 is 0. The molecule has 190 valence electrons. The smallest absolute Gasteiger partial charge is 0.141 e. The van der Waals surface area contributed by atoms with Crippen molar-refractivity contribution in [2.75, 3.05) is 13.2 Å². The zero-order chi connectivity index (χ0) is 28.2. The number of aromatic nitrogens is 3. The third kappa shape index (κ3) is 4.14. The van der Waals surface area contributed by atoms with Gasteiger partial charge in [0.05, 0.1) is 33.9 Å². The number of hydrogen-bond donors (Lipinski definition) is 1. The van der Waals surface area contributed by atoms with Crippen LogP contribution in [0, 0.1) is 19.7 Å². The molecule has 4 heterocycles. The van der Waals surface area contributed by atoms with Gasteiger partial charge in [-0.05, 0) is 69.6 Å². The normalized spacial score (nSPS) is 17.6. The molecule has 0 unspecified atom stereocenters. The van der Waals surface area contributed by atoms with Gasteiger partial charge in [0.15, 0.2) is 0 Å². The Labute approximate surface area is 221 Å². The van der Waals surface area contributed by atoms with E-state index in [1.54, 1.807) is 27.0 Å². The molecule has 6 heteroatoms. The van der Waals surface area contributed by atoms with Crippen molar-refractivity contribution in [1.29, 1.82) is 0 Å². The van der Waals surface area contributed by atoms with Crippen molar-refractivity contribution in [3.63, 3.8) is 0 Å². The molecule has 1 aliphatic heterocycles. The van der Waals surface area contributed by atoms with Crippen LogP contribution >= 0.6 is 0 Å². The molecule has 0 radical (unpaired) electrons. The highest BCUT2D eigenvalue weighted by Gasteiger charge is 2.31. The van der Waals surface area contributed by atoms with Gasteiger partial charge in [0.25, 0.3) is 0 Å². The molecule has 3 aromatic heterocycles. The van der Waals surface area contributed by atoms with Crippen molar-refractivity contribution in [3.8, 4) is 11.1 Å². The quantitative estimate of drug-likeness (QED) is 0.292. The Morgan fingerprint density at radius 1 is 1.08 bits per heavy atom. The summed E-state index contributed by atoms with van der Waals surface area (Å²) in [4.78, 5) is 4.90. The van der Waals surface area contributed by atoms with Crippen LogP contribution in [0.1, 0.15) is 59.4 Å². The number of nitrogens with zero attached hydrogens (tertiary/aromatic N) is 3. The molecule has 1 atom stereocenters. The van der Waals surface area contributed by atoms with Gasteiger partial charge in [-0.1, -0.05) is 47.6 Å². The van der Waals surface area contributed by atoms with E-state index in [1.807, 2.05) is 24.3 Å². The zero-order valence-electron chi connectivity index (χ0n) is 24.4. The summed E-state index contributed by atoms with van der Waals surface area (Å²) in [6.45, 7) is 4.27. The topological polar surface area (TPSA) is 73.3 Å². The van der Waals surface area contributed by atoms with E-state index in [0.29, 0.717) is 36.0 Å².